The molecule has 0 spiro atoms. The highest BCUT2D eigenvalue weighted by atomic mass is 32.2. The maximum Gasteiger partial charge on any atom is 0.512 e. The van der Waals surface area contributed by atoms with Crippen molar-refractivity contribution < 1.29 is 29.0 Å². The molecule has 0 bridgehead atoms. The second-order valence-electron chi connectivity index (χ2n) is 7.69. The van der Waals surface area contributed by atoms with E-state index in [1.165, 1.54) is 21.3 Å². The van der Waals surface area contributed by atoms with Crippen molar-refractivity contribution in [2.75, 3.05) is 23.9 Å². The van der Waals surface area contributed by atoms with Crippen LogP contribution in [0.15, 0.2) is 46.9 Å². The zero-order valence-corrected chi connectivity index (χ0v) is 18.8. The van der Waals surface area contributed by atoms with Crippen LogP contribution in [-0.4, -0.2) is 85.4 Å². The summed E-state index contributed by atoms with van der Waals surface area (Å²) in [4.78, 5) is 39.6. The first kappa shape index (κ1) is 22.3. The summed E-state index contributed by atoms with van der Waals surface area (Å²) in [6.07, 6.45) is -2.01. The molecule has 2 aromatic rings. The Kier molecular flexibility index (Phi) is 5.93. The number of carbonyl (C=O) groups excluding carboxylic acids is 2. The second kappa shape index (κ2) is 9.04. The van der Waals surface area contributed by atoms with Gasteiger partial charge in [0.05, 0.1) is 12.8 Å². The zero-order valence-electron chi connectivity index (χ0n) is 18.0. The molecule has 0 radical (unpaired) electrons. The zero-order chi connectivity index (χ0) is 23.8. The van der Waals surface area contributed by atoms with Gasteiger partial charge in [-0.3, -0.25) is 19.8 Å². The van der Waals surface area contributed by atoms with Gasteiger partial charge in [0.25, 0.3) is 0 Å². The number of nitrogens with one attached hydrogen (secondary N) is 1. The van der Waals surface area contributed by atoms with Gasteiger partial charge < -0.3 is 19.5 Å². The quantitative estimate of drug-likeness (QED) is 0.300. The molecule has 1 unspecified atom stereocenters. The van der Waals surface area contributed by atoms with Crippen molar-refractivity contribution in [3.63, 3.8) is 0 Å². The fourth-order valence-electron chi connectivity index (χ4n) is 4.38. The Bertz CT molecular complexity index is 1160. The molecule has 3 aliphatic rings. The third kappa shape index (κ3) is 3.78. The lowest BCUT2D eigenvalue weighted by Crippen LogP contribution is -2.73. The number of nitrogens with zero attached hydrogens (tertiary/aromatic N) is 6. The van der Waals surface area contributed by atoms with Crippen LogP contribution < -0.4 is 10.2 Å². The molecule has 13 nitrogen and oxygen atoms in total. The summed E-state index contributed by atoms with van der Waals surface area (Å²) in [5, 5.41) is 24.1. The predicted molar refractivity (Wildman–Crippen MR) is 116 cm³/mol. The highest BCUT2D eigenvalue weighted by Gasteiger charge is 2.62. The molecule has 2 saturated heterocycles. The first-order valence-corrected chi connectivity index (χ1v) is 11.5. The van der Waals surface area contributed by atoms with Crippen molar-refractivity contribution in [3.05, 3.63) is 41.8 Å². The van der Waals surface area contributed by atoms with Gasteiger partial charge in [0.15, 0.2) is 0 Å². The lowest BCUT2D eigenvalue weighted by Gasteiger charge is -2.47. The van der Waals surface area contributed by atoms with Gasteiger partial charge in [-0.05, 0) is 29.5 Å². The number of tetrazole rings is 1. The van der Waals surface area contributed by atoms with Gasteiger partial charge in [-0.15, -0.1) is 5.10 Å². The van der Waals surface area contributed by atoms with E-state index in [0.29, 0.717) is 17.3 Å². The van der Waals surface area contributed by atoms with Crippen molar-refractivity contribution in [2.24, 2.45) is 0 Å². The number of β-lactam (4-membered cyclic amide) rings is 1. The largest absolute Gasteiger partial charge is 0.512 e. The molecule has 2 fully saturated rings. The van der Waals surface area contributed by atoms with Gasteiger partial charge in [0.1, 0.15) is 18.7 Å². The molecular weight excluding hydrogens is 466 g/mol. The van der Waals surface area contributed by atoms with Crippen LogP contribution in [0, 0.1) is 0 Å². The number of ether oxygens (including phenoxy) is 2. The third-order valence-electron chi connectivity index (χ3n) is 5.87. The molecule has 5 rings (SSSR count). The van der Waals surface area contributed by atoms with Gasteiger partial charge in [-0.1, -0.05) is 30.0 Å². The minimum atomic E-state index is -1.52. The Balaban J connectivity index is 1.32. The lowest BCUT2D eigenvalue weighted by atomic mass is 9.91. The molecule has 3 atom stereocenters. The smallest absolute Gasteiger partial charge is 0.449 e. The van der Waals surface area contributed by atoms with Crippen LogP contribution in [0.1, 0.15) is 6.92 Å². The van der Waals surface area contributed by atoms with Crippen molar-refractivity contribution >= 4 is 35.4 Å². The lowest BCUT2D eigenvalue weighted by molar-refractivity contribution is -0.164. The van der Waals surface area contributed by atoms with Crippen molar-refractivity contribution in [3.8, 4) is 0 Å². The molecule has 2 amide bonds. The van der Waals surface area contributed by atoms with Crippen LogP contribution >= 0.6 is 11.8 Å². The van der Waals surface area contributed by atoms with E-state index in [1.54, 1.807) is 4.90 Å². The minimum absolute atomic E-state index is 0.0312. The van der Waals surface area contributed by atoms with E-state index in [9.17, 15) is 19.5 Å². The number of thioether (sulfide) groups is 1. The van der Waals surface area contributed by atoms with Crippen LogP contribution in [0.5, 0.6) is 0 Å². The molecule has 178 valence electrons. The monoisotopic (exact) mass is 487 g/mol. The number of rotatable bonds is 8. The number of amides is 2. The van der Waals surface area contributed by atoms with E-state index in [0.717, 1.165) is 5.69 Å². The number of carbonyl (C=O) groups is 3. The van der Waals surface area contributed by atoms with Gasteiger partial charge in [0.2, 0.25) is 22.9 Å². The third-order valence-corrected chi connectivity index (χ3v) is 6.87. The molecule has 34 heavy (non-hydrogen) atoms. The number of para-hydroxylation sites is 1. The SMILES string of the molecule is CCN(C(=O)Cn1nnnc1SCC1=C(OC(=O)O)N2C(=O)[C@H]3NCOC1[C@H]32)c1ccccc1. The normalized spacial score (nSPS) is 22.9. The van der Waals surface area contributed by atoms with Crippen LogP contribution in [-0.2, 0) is 25.6 Å². The van der Waals surface area contributed by atoms with Crippen LogP contribution in [0.25, 0.3) is 0 Å². The number of hydrogen-bond acceptors (Lipinski definition) is 10. The summed E-state index contributed by atoms with van der Waals surface area (Å²) in [7, 11) is 0. The highest BCUT2D eigenvalue weighted by Crippen LogP contribution is 2.44. The number of anilines is 1. The van der Waals surface area contributed by atoms with Crippen LogP contribution in [0.2, 0.25) is 0 Å². The number of aromatic nitrogens is 4. The van der Waals surface area contributed by atoms with Crippen LogP contribution in [0.3, 0.4) is 0 Å². The molecule has 1 aromatic carbocycles. The number of benzene rings is 1. The van der Waals surface area contributed by atoms with E-state index >= 15 is 0 Å². The first-order valence-electron chi connectivity index (χ1n) is 10.6. The van der Waals surface area contributed by atoms with Crippen molar-refractivity contribution in [1.82, 2.24) is 30.4 Å². The molecule has 14 heteroatoms. The van der Waals surface area contributed by atoms with E-state index in [4.69, 9.17) is 9.47 Å². The van der Waals surface area contributed by atoms with Gasteiger partial charge in [-0.2, -0.15) is 0 Å². The number of carboxylic acid groups (broad SMARTS) is 1. The summed E-state index contributed by atoms with van der Waals surface area (Å²) < 4.78 is 12.1. The molecule has 2 N–H and O–H groups in total. The average Bonchev–Trinajstić information content (AvgIpc) is 3.38. The fraction of sp³-hybridized carbons (Fsp3) is 0.400. The maximum absolute atomic E-state index is 12.9. The van der Waals surface area contributed by atoms with E-state index < -0.39 is 18.3 Å². The number of likely N-dealkylation sites (N-methyl/N-ethyl adjacent to an activating group) is 1. The van der Waals surface area contributed by atoms with Crippen molar-refractivity contribution in [1.29, 1.82) is 0 Å². The summed E-state index contributed by atoms with van der Waals surface area (Å²) in [6, 6.07) is 8.51. The molecule has 0 saturated carbocycles. The van der Waals surface area contributed by atoms with Gasteiger partial charge >= 0.3 is 6.16 Å². The highest BCUT2D eigenvalue weighted by molar-refractivity contribution is 7.99. The molecule has 3 aliphatic heterocycles. The topological polar surface area (TPSA) is 152 Å². The Morgan fingerprint density at radius 1 is 1.35 bits per heavy atom. The predicted octanol–water partition coefficient (Wildman–Crippen LogP) is 0.263. The van der Waals surface area contributed by atoms with E-state index in [1.807, 2.05) is 37.3 Å². The minimum Gasteiger partial charge on any atom is -0.449 e. The maximum atomic E-state index is 12.9. The Hall–Kier alpha value is -3.49. The summed E-state index contributed by atoms with van der Waals surface area (Å²) in [5.74, 6) is -0.260. The molecule has 0 aliphatic carbocycles. The Morgan fingerprint density at radius 3 is 2.88 bits per heavy atom. The molecule has 4 heterocycles. The summed E-state index contributed by atoms with van der Waals surface area (Å²) >= 11 is 1.20. The second-order valence-corrected chi connectivity index (χ2v) is 8.63. The van der Waals surface area contributed by atoms with Crippen molar-refractivity contribution in [2.45, 2.75) is 36.8 Å². The standard InChI is InChI=1S/C20H21N7O6S/c1-2-25(11-6-4-3-5-7-11)13(28)8-26-19(22-23-24-26)34-9-12-16-15-14(21-10-32-16)17(29)27(15)18(12)33-20(30)31/h3-7,14-16,21H,2,8-10H2,1H3,(H,30,31)/t14-,15-,16?/m0/s1. The summed E-state index contributed by atoms with van der Waals surface area (Å²) in [5.41, 5.74) is 1.30. The van der Waals surface area contributed by atoms with Crippen LogP contribution in [0.4, 0.5) is 10.5 Å². The van der Waals surface area contributed by atoms with E-state index in [2.05, 4.69) is 20.8 Å². The van der Waals surface area contributed by atoms with Gasteiger partial charge in [-0.25, -0.2) is 9.48 Å². The number of hydrogen-bond donors (Lipinski definition) is 2. The van der Waals surface area contributed by atoms with Gasteiger partial charge in [0, 0.05) is 23.6 Å². The fourth-order valence-corrected chi connectivity index (χ4v) is 5.30. The Morgan fingerprint density at radius 2 is 2.15 bits per heavy atom. The van der Waals surface area contributed by atoms with E-state index in [-0.39, 0.29) is 42.8 Å². The summed E-state index contributed by atoms with van der Waals surface area (Å²) in [6.45, 7) is 2.46. The molecule has 1 aromatic heterocycles. The Labute approximate surface area is 197 Å². The first-order chi connectivity index (χ1) is 16.5. The average molecular weight is 487 g/mol. The molecular formula is C20H21N7O6S.